The smallest absolute Gasteiger partial charge is 0.157 e. The SMILES string of the molecule is CCCCC[C@@]1(O)C[C@]2(C)[C@@H](OC3CCCCO3)CC[C@H]2[C@]2(C#N)CCc3cc(OC)ccc3[C@@H]12. The molecule has 2 saturated carbocycles. The van der Waals surface area contributed by atoms with Crippen LogP contribution in [0.2, 0.25) is 0 Å². The molecule has 3 fully saturated rings. The normalized spacial score (nSPS) is 40.3. The van der Waals surface area contributed by atoms with Gasteiger partial charge in [0.25, 0.3) is 0 Å². The molecule has 3 aliphatic carbocycles. The minimum atomic E-state index is -0.931. The van der Waals surface area contributed by atoms with Crippen molar-refractivity contribution in [3.63, 3.8) is 0 Å². The van der Waals surface area contributed by atoms with Crippen LogP contribution < -0.4 is 4.74 Å². The van der Waals surface area contributed by atoms with Gasteiger partial charge in [-0.3, -0.25) is 0 Å². The number of aryl methyl sites for hydroxylation is 1. The molecule has 4 aliphatic rings. The van der Waals surface area contributed by atoms with E-state index in [9.17, 15) is 10.4 Å². The number of nitrogens with zero attached hydrogens (tertiary/aromatic N) is 1. The molecule has 1 aromatic rings. The molecule has 1 aromatic carbocycles. The lowest BCUT2D eigenvalue weighted by molar-refractivity contribution is -0.232. The highest BCUT2D eigenvalue weighted by atomic mass is 16.7. The summed E-state index contributed by atoms with van der Waals surface area (Å²) in [6, 6.07) is 9.14. The summed E-state index contributed by atoms with van der Waals surface area (Å²) in [6.45, 7) is 5.28. The van der Waals surface area contributed by atoms with E-state index in [0.717, 1.165) is 83.0 Å². The molecule has 1 aliphatic heterocycles. The monoisotopic (exact) mass is 481 g/mol. The minimum Gasteiger partial charge on any atom is -0.497 e. The van der Waals surface area contributed by atoms with E-state index >= 15 is 0 Å². The number of fused-ring (bicyclic) bond motifs is 5. The van der Waals surface area contributed by atoms with E-state index < -0.39 is 11.0 Å². The van der Waals surface area contributed by atoms with Gasteiger partial charge in [-0.2, -0.15) is 5.26 Å². The Bertz CT molecular complexity index is 952. The molecule has 35 heavy (non-hydrogen) atoms. The van der Waals surface area contributed by atoms with Gasteiger partial charge in [0.05, 0.1) is 30.3 Å². The van der Waals surface area contributed by atoms with Crippen molar-refractivity contribution in [1.82, 2.24) is 0 Å². The van der Waals surface area contributed by atoms with Crippen LogP contribution in [0.5, 0.6) is 5.75 Å². The van der Waals surface area contributed by atoms with E-state index in [1.54, 1.807) is 7.11 Å². The van der Waals surface area contributed by atoms with Gasteiger partial charge in [0.2, 0.25) is 0 Å². The van der Waals surface area contributed by atoms with Crippen LogP contribution in [0.3, 0.4) is 0 Å². The summed E-state index contributed by atoms with van der Waals surface area (Å²) < 4.78 is 18.1. The molecule has 1 saturated heterocycles. The second-order valence-electron chi connectivity index (χ2n) is 11.9. The molecule has 192 valence electrons. The summed E-state index contributed by atoms with van der Waals surface area (Å²) in [6.07, 6.45) is 11.2. The Balaban J connectivity index is 1.56. The van der Waals surface area contributed by atoms with Crippen LogP contribution in [0, 0.1) is 28.1 Å². The second-order valence-corrected chi connectivity index (χ2v) is 11.9. The van der Waals surface area contributed by atoms with Gasteiger partial charge in [-0.05, 0) is 87.0 Å². The van der Waals surface area contributed by atoms with E-state index in [0.29, 0.717) is 6.42 Å². The Morgan fingerprint density at radius 1 is 1.20 bits per heavy atom. The summed E-state index contributed by atoms with van der Waals surface area (Å²) in [5, 5.41) is 23.6. The molecule has 0 aromatic heterocycles. The van der Waals surface area contributed by atoms with Crippen molar-refractivity contribution in [1.29, 1.82) is 5.26 Å². The zero-order chi connectivity index (χ0) is 24.7. The van der Waals surface area contributed by atoms with Crippen LogP contribution in [0.4, 0.5) is 0 Å². The number of hydrogen-bond donors (Lipinski definition) is 1. The third-order valence-electron chi connectivity index (χ3n) is 9.95. The van der Waals surface area contributed by atoms with Gasteiger partial charge in [-0.25, -0.2) is 0 Å². The van der Waals surface area contributed by atoms with Crippen LogP contribution >= 0.6 is 0 Å². The molecule has 0 bridgehead atoms. The van der Waals surface area contributed by atoms with Crippen molar-refractivity contribution >= 4 is 0 Å². The van der Waals surface area contributed by atoms with E-state index in [1.807, 2.05) is 6.07 Å². The Kier molecular flexibility index (Phi) is 6.94. The molecular weight excluding hydrogens is 438 g/mol. The molecule has 1 heterocycles. The summed E-state index contributed by atoms with van der Waals surface area (Å²) in [5.74, 6) is 0.889. The standard InChI is InChI=1S/C30H43NO4/c1-4-5-7-15-30(32)19-28(2)24(12-13-25(28)35-26-9-6-8-17-34-26)29(20-31)16-14-21-18-22(33-3)10-11-23(21)27(29)30/h10-11,18,24-27,32H,4-9,12-17,19H2,1-3H3/t24-,25+,26?,27-,28+,29-,30-/m1/s1. The largest absolute Gasteiger partial charge is 0.497 e. The van der Waals surface area contributed by atoms with Crippen molar-refractivity contribution in [2.75, 3.05) is 13.7 Å². The third kappa shape index (κ3) is 4.10. The zero-order valence-corrected chi connectivity index (χ0v) is 21.9. The van der Waals surface area contributed by atoms with Crippen LogP contribution in [-0.4, -0.2) is 36.8 Å². The predicted octanol–water partition coefficient (Wildman–Crippen LogP) is 6.28. The maximum Gasteiger partial charge on any atom is 0.157 e. The van der Waals surface area contributed by atoms with Gasteiger partial charge < -0.3 is 19.3 Å². The van der Waals surface area contributed by atoms with Crippen molar-refractivity contribution in [2.45, 2.75) is 115 Å². The van der Waals surface area contributed by atoms with Crippen molar-refractivity contribution in [2.24, 2.45) is 16.7 Å². The fourth-order valence-electron chi connectivity index (χ4n) is 8.50. The quantitative estimate of drug-likeness (QED) is 0.464. The molecular formula is C30H43NO4. The molecule has 0 amide bonds. The van der Waals surface area contributed by atoms with Gasteiger partial charge in [0.1, 0.15) is 5.75 Å². The third-order valence-corrected chi connectivity index (χ3v) is 9.95. The molecule has 0 radical (unpaired) electrons. The minimum absolute atomic E-state index is 0.0248. The Morgan fingerprint density at radius 2 is 2.06 bits per heavy atom. The molecule has 5 heteroatoms. The summed E-state index contributed by atoms with van der Waals surface area (Å²) >= 11 is 0. The lowest BCUT2D eigenvalue weighted by Gasteiger charge is -2.61. The van der Waals surface area contributed by atoms with E-state index in [-0.39, 0.29) is 29.6 Å². The van der Waals surface area contributed by atoms with E-state index in [4.69, 9.17) is 14.2 Å². The number of methoxy groups -OCH3 is 1. The van der Waals surface area contributed by atoms with Crippen LogP contribution in [0.25, 0.3) is 0 Å². The summed E-state index contributed by atoms with van der Waals surface area (Å²) in [5.41, 5.74) is 0.650. The number of hydrogen-bond acceptors (Lipinski definition) is 5. The first kappa shape index (κ1) is 25.1. The molecule has 1 N–H and O–H groups in total. The van der Waals surface area contributed by atoms with Gasteiger partial charge >= 0.3 is 0 Å². The molecule has 0 spiro atoms. The average Bonchev–Trinajstić information content (AvgIpc) is 3.19. The predicted molar refractivity (Wildman–Crippen MR) is 135 cm³/mol. The molecule has 5 rings (SSSR count). The first-order valence-electron chi connectivity index (χ1n) is 14.0. The average molecular weight is 482 g/mol. The van der Waals surface area contributed by atoms with Crippen LogP contribution in [0.15, 0.2) is 18.2 Å². The summed E-state index contributed by atoms with van der Waals surface area (Å²) in [7, 11) is 1.70. The lowest BCUT2D eigenvalue weighted by atomic mass is 9.43. The number of nitriles is 1. The van der Waals surface area contributed by atoms with Gasteiger partial charge in [-0.15, -0.1) is 0 Å². The van der Waals surface area contributed by atoms with Gasteiger partial charge in [-0.1, -0.05) is 39.2 Å². The highest BCUT2D eigenvalue weighted by Crippen LogP contribution is 2.70. The number of ether oxygens (including phenoxy) is 3. The van der Waals surface area contributed by atoms with Crippen LogP contribution in [-0.2, 0) is 15.9 Å². The fourth-order valence-corrected chi connectivity index (χ4v) is 8.50. The fraction of sp³-hybridized carbons (Fsp3) is 0.767. The van der Waals surface area contributed by atoms with Gasteiger partial charge in [0.15, 0.2) is 6.29 Å². The zero-order valence-electron chi connectivity index (χ0n) is 21.9. The van der Waals surface area contributed by atoms with Gasteiger partial charge in [0, 0.05) is 17.9 Å². The Hall–Kier alpha value is -1.61. The lowest BCUT2D eigenvalue weighted by Crippen LogP contribution is -2.62. The van der Waals surface area contributed by atoms with Crippen molar-refractivity contribution in [3.8, 4) is 11.8 Å². The summed E-state index contributed by atoms with van der Waals surface area (Å²) in [4.78, 5) is 0. The molecule has 5 nitrogen and oxygen atoms in total. The maximum atomic E-state index is 12.6. The highest BCUT2D eigenvalue weighted by molar-refractivity contribution is 5.46. The number of benzene rings is 1. The maximum absolute atomic E-state index is 12.6. The Morgan fingerprint density at radius 3 is 2.77 bits per heavy atom. The van der Waals surface area contributed by atoms with Crippen molar-refractivity contribution < 1.29 is 19.3 Å². The number of rotatable bonds is 7. The number of unbranched alkanes of at least 4 members (excludes halogenated alkanes) is 2. The first-order chi connectivity index (χ1) is 16.9. The Labute approximate surface area is 211 Å². The molecule has 1 unspecified atom stereocenters. The van der Waals surface area contributed by atoms with Crippen LogP contribution in [0.1, 0.15) is 102 Å². The second kappa shape index (κ2) is 9.69. The van der Waals surface area contributed by atoms with E-state index in [2.05, 4.69) is 32.0 Å². The highest BCUT2D eigenvalue weighted by Gasteiger charge is 2.69. The van der Waals surface area contributed by atoms with E-state index in [1.165, 1.54) is 11.1 Å². The topological polar surface area (TPSA) is 71.7 Å². The van der Waals surface area contributed by atoms with Crippen molar-refractivity contribution in [3.05, 3.63) is 29.3 Å². The first-order valence-corrected chi connectivity index (χ1v) is 14.0. The number of aliphatic hydroxyl groups is 1. The molecule has 7 atom stereocenters.